The van der Waals surface area contributed by atoms with E-state index in [4.69, 9.17) is 0 Å². The van der Waals surface area contributed by atoms with Crippen LogP contribution in [0.3, 0.4) is 0 Å². The van der Waals surface area contributed by atoms with Crippen molar-refractivity contribution >= 4 is 10.9 Å². The van der Waals surface area contributed by atoms with Crippen molar-refractivity contribution in [2.45, 2.75) is 25.9 Å². The van der Waals surface area contributed by atoms with Crippen molar-refractivity contribution < 1.29 is 5.11 Å². The molecule has 1 N–H and O–H groups in total. The SMILES string of the molecule is Cc1cccc2c3c(n(C(CO)c4ccncc4)c12)CCN(C)C3. The van der Waals surface area contributed by atoms with Crippen molar-refractivity contribution in [3.05, 3.63) is 65.1 Å². The molecule has 4 heteroatoms. The molecule has 0 saturated carbocycles. The average Bonchev–Trinajstić information content (AvgIpc) is 2.92. The first kappa shape index (κ1) is 15.4. The Morgan fingerprint density at radius 3 is 2.75 bits per heavy atom. The number of rotatable bonds is 3. The maximum atomic E-state index is 10.2. The van der Waals surface area contributed by atoms with Gasteiger partial charge in [-0.1, -0.05) is 18.2 Å². The maximum absolute atomic E-state index is 10.2. The monoisotopic (exact) mass is 321 g/mol. The van der Waals surface area contributed by atoms with E-state index in [1.54, 1.807) is 12.4 Å². The van der Waals surface area contributed by atoms with Crippen molar-refractivity contribution in [2.75, 3.05) is 20.2 Å². The van der Waals surface area contributed by atoms with E-state index in [2.05, 4.69) is 46.6 Å². The summed E-state index contributed by atoms with van der Waals surface area (Å²) in [5.41, 5.74) is 6.41. The molecule has 1 aliphatic rings. The zero-order chi connectivity index (χ0) is 16.7. The van der Waals surface area contributed by atoms with Gasteiger partial charge in [-0.2, -0.15) is 0 Å². The lowest BCUT2D eigenvalue weighted by Gasteiger charge is -2.27. The van der Waals surface area contributed by atoms with Gasteiger partial charge in [0.05, 0.1) is 18.2 Å². The third-order valence-electron chi connectivity index (χ3n) is 5.18. The highest BCUT2D eigenvalue weighted by Crippen LogP contribution is 2.36. The molecule has 1 unspecified atom stereocenters. The Hall–Kier alpha value is -2.17. The number of fused-ring (bicyclic) bond motifs is 3. The van der Waals surface area contributed by atoms with Crippen LogP contribution in [0.4, 0.5) is 0 Å². The number of aliphatic hydroxyl groups is 1. The van der Waals surface area contributed by atoms with Gasteiger partial charge < -0.3 is 14.6 Å². The normalized spacial score (nSPS) is 16.3. The third kappa shape index (κ3) is 2.34. The van der Waals surface area contributed by atoms with Crippen molar-refractivity contribution in [1.29, 1.82) is 0 Å². The first-order chi connectivity index (χ1) is 11.7. The summed E-state index contributed by atoms with van der Waals surface area (Å²) >= 11 is 0. The predicted molar refractivity (Wildman–Crippen MR) is 96.2 cm³/mol. The fraction of sp³-hybridized carbons (Fsp3) is 0.350. The van der Waals surface area contributed by atoms with Crippen LogP contribution in [0.5, 0.6) is 0 Å². The molecular weight excluding hydrogens is 298 g/mol. The molecule has 0 amide bonds. The van der Waals surface area contributed by atoms with E-state index in [0.29, 0.717) is 0 Å². The van der Waals surface area contributed by atoms with Crippen LogP contribution in [0.25, 0.3) is 10.9 Å². The summed E-state index contributed by atoms with van der Waals surface area (Å²) in [4.78, 5) is 6.49. The molecule has 2 aromatic heterocycles. The van der Waals surface area contributed by atoms with E-state index in [0.717, 1.165) is 25.1 Å². The first-order valence-electron chi connectivity index (χ1n) is 8.51. The van der Waals surface area contributed by atoms with Crippen molar-refractivity contribution in [3.63, 3.8) is 0 Å². The lowest BCUT2D eigenvalue weighted by molar-refractivity contribution is 0.245. The lowest BCUT2D eigenvalue weighted by atomic mass is 10.0. The molecule has 3 heterocycles. The summed E-state index contributed by atoms with van der Waals surface area (Å²) in [7, 11) is 2.17. The molecule has 0 bridgehead atoms. The number of benzene rings is 1. The molecule has 0 fully saturated rings. The molecule has 0 aliphatic carbocycles. The van der Waals surface area contributed by atoms with E-state index in [1.165, 1.54) is 27.7 Å². The highest BCUT2D eigenvalue weighted by Gasteiger charge is 2.27. The summed E-state index contributed by atoms with van der Waals surface area (Å²) in [5.74, 6) is 0. The highest BCUT2D eigenvalue weighted by molar-refractivity contribution is 5.88. The van der Waals surface area contributed by atoms with Gasteiger partial charge in [-0.05, 0) is 42.8 Å². The van der Waals surface area contributed by atoms with Crippen LogP contribution in [0, 0.1) is 6.92 Å². The first-order valence-corrected chi connectivity index (χ1v) is 8.51. The number of hydrogen-bond acceptors (Lipinski definition) is 3. The van der Waals surface area contributed by atoms with E-state index < -0.39 is 0 Å². The number of hydrogen-bond donors (Lipinski definition) is 1. The van der Waals surface area contributed by atoms with Gasteiger partial charge in [0.1, 0.15) is 0 Å². The van der Waals surface area contributed by atoms with Crippen LogP contribution in [-0.2, 0) is 13.0 Å². The number of aliphatic hydroxyl groups excluding tert-OH is 1. The van der Waals surface area contributed by atoms with Crippen LogP contribution in [0.1, 0.15) is 28.4 Å². The van der Waals surface area contributed by atoms with Gasteiger partial charge in [0, 0.05) is 43.0 Å². The van der Waals surface area contributed by atoms with Gasteiger partial charge in [-0.3, -0.25) is 4.98 Å². The Bertz CT molecular complexity index is 869. The fourth-order valence-corrected chi connectivity index (χ4v) is 4.02. The second kappa shape index (κ2) is 6.04. The van der Waals surface area contributed by atoms with E-state index in [-0.39, 0.29) is 12.6 Å². The van der Waals surface area contributed by atoms with Crippen molar-refractivity contribution in [2.24, 2.45) is 0 Å². The standard InChI is InChI=1S/C20H23N3O/c1-14-4-3-5-16-17-12-22(2)11-8-18(17)23(20(14)16)19(13-24)15-6-9-21-10-7-15/h3-7,9-10,19,24H,8,11-13H2,1-2H3. The van der Waals surface area contributed by atoms with Crippen LogP contribution in [-0.4, -0.2) is 39.8 Å². The van der Waals surface area contributed by atoms with Gasteiger partial charge in [0.25, 0.3) is 0 Å². The van der Waals surface area contributed by atoms with Gasteiger partial charge in [0.15, 0.2) is 0 Å². The molecule has 24 heavy (non-hydrogen) atoms. The molecule has 124 valence electrons. The average molecular weight is 321 g/mol. The zero-order valence-electron chi connectivity index (χ0n) is 14.2. The number of aromatic nitrogens is 2. The highest BCUT2D eigenvalue weighted by atomic mass is 16.3. The van der Waals surface area contributed by atoms with Crippen molar-refractivity contribution in [3.8, 4) is 0 Å². The summed E-state index contributed by atoms with van der Waals surface area (Å²) < 4.78 is 2.38. The second-order valence-corrected chi connectivity index (χ2v) is 6.73. The topological polar surface area (TPSA) is 41.3 Å². The molecular formula is C20H23N3O. The van der Waals surface area contributed by atoms with Crippen LogP contribution >= 0.6 is 0 Å². The number of likely N-dealkylation sites (N-methyl/N-ethyl adjacent to an activating group) is 1. The van der Waals surface area contributed by atoms with E-state index in [9.17, 15) is 5.11 Å². The molecule has 0 radical (unpaired) electrons. The Kier molecular flexibility index (Phi) is 3.87. The quantitative estimate of drug-likeness (QED) is 0.806. The molecule has 4 rings (SSSR count). The summed E-state index contributed by atoms with van der Waals surface area (Å²) in [5, 5.41) is 11.5. The molecule has 1 aromatic carbocycles. The van der Waals surface area contributed by atoms with E-state index >= 15 is 0 Å². The van der Waals surface area contributed by atoms with Gasteiger partial charge in [-0.25, -0.2) is 0 Å². The minimum atomic E-state index is -0.0660. The number of nitrogens with zero attached hydrogens (tertiary/aromatic N) is 3. The molecule has 0 spiro atoms. The molecule has 4 nitrogen and oxygen atoms in total. The Balaban J connectivity index is 2.01. The third-order valence-corrected chi connectivity index (χ3v) is 5.18. The minimum Gasteiger partial charge on any atom is -0.394 e. The Morgan fingerprint density at radius 1 is 1.21 bits per heavy atom. The number of para-hydroxylation sites is 1. The fourth-order valence-electron chi connectivity index (χ4n) is 4.02. The lowest BCUT2D eigenvalue weighted by Crippen LogP contribution is -2.28. The van der Waals surface area contributed by atoms with Crippen LogP contribution in [0.15, 0.2) is 42.7 Å². The minimum absolute atomic E-state index is 0.0660. The number of aryl methyl sites for hydroxylation is 1. The molecule has 3 aromatic rings. The largest absolute Gasteiger partial charge is 0.394 e. The van der Waals surface area contributed by atoms with Crippen LogP contribution in [0.2, 0.25) is 0 Å². The van der Waals surface area contributed by atoms with Gasteiger partial charge >= 0.3 is 0 Å². The second-order valence-electron chi connectivity index (χ2n) is 6.73. The van der Waals surface area contributed by atoms with Crippen molar-refractivity contribution in [1.82, 2.24) is 14.5 Å². The van der Waals surface area contributed by atoms with Crippen LogP contribution < -0.4 is 0 Å². The summed E-state index contributed by atoms with van der Waals surface area (Å²) in [6.07, 6.45) is 4.62. The van der Waals surface area contributed by atoms with E-state index in [1.807, 2.05) is 12.1 Å². The molecule has 1 aliphatic heterocycles. The Morgan fingerprint density at radius 2 is 2.00 bits per heavy atom. The molecule has 0 saturated heterocycles. The van der Waals surface area contributed by atoms with Gasteiger partial charge in [0.2, 0.25) is 0 Å². The maximum Gasteiger partial charge on any atom is 0.0821 e. The zero-order valence-corrected chi connectivity index (χ0v) is 14.2. The number of pyridine rings is 1. The summed E-state index contributed by atoms with van der Waals surface area (Å²) in [6, 6.07) is 10.5. The molecule has 1 atom stereocenters. The summed E-state index contributed by atoms with van der Waals surface area (Å²) in [6.45, 7) is 4.27. The predicted octanol–water partition coefficient (Wildman–Crippen LogP) is 2.91. The van der Waals surface area contributed by atoms with Gasteiger partial charge in [-0.15, -0.1) is 0 Å². The Labute approximate surface area is 142 Å². The smallest absolute Gasteiger partial charge is 0.0821 e.